The number of piperazine rings is 1. The third kappa shape index (κ3) is 9.44. The van der Waals surface area contributed by atoms with Crippen molar-refractivity contribution in [3.05, 3.63) is 96.1 Å². The predicted molar refractivity (Wildman–Crippen MR) is 203 cm³/mol. The Kier molecular flexibility index (Phi) is 12.8. The third-order valence-electron chi connectivity index (χ3n) is 10.3. The zero-order chi connectivity index (χ0) is 37.4. The molecule has 0 aromatic heterocycles. The minimum atomic E-state index is -0.960. The maximum Gasteiger partial charge on any atom is 0.224 e. The van der Waals surface area contributed by atoms with Crippen LogP contribution in [0.5, 0.6) is 0 Å². The molecule has 4 aromatic carbocycles. The molecule has 2 amide bonds. The Bertz CT molecular complexity index is 1950. The van der Waals surface area contributed by atoms with Crippen LogP contribution in [0.25, 0.3) is 21.5 Å². The lowest BCUT2D eigenvalue weighted by Gasteiger charge is -2.32. The van der Waals surface area contributed by atoms with E-state index in [-0.39, 0.29) is 55.5 Å². The largest absolute Gasteiger partial charge is 0.346 e. The zero-order valence-corrected chi connectivity index (χ0v) is 30.6. The van der Waals surface area contributed by atoms with E-state index in [0.717, 1.165) is 40.2 Å². The summed E-state index contributed by atoms with van der Waals surface area (Å²) in [6.07, 6.45) is -0.264. The monoisotopic (exact) mass is 703 g/mol. The van der Waals surface area contributed by atoms with Gasteiger partial charge in [0.1, 0.15) is 0 Å². The van der Waals surface area contributed by atoms with Crippen molar-refractivity contribution >= 4 is 56.5 Å². The van der Waals surface area contributed by atoms with Gasteiger partial charge in [-0.1, -0.05) is 98.8 Å². The summed E-state index contributed by atoms with van der Waals surface area (Å²) in [6, 6.07) is 26.0. The maximum atomic E-state index is 14.0. The number of Topliss-reactive ketones (excluding diaryl/α,β-unsaturated/α-hetero) is 4. The molecule has 0 saturated carbocycles. The van der Waals surface area contributed by atoms with Crippen LogP contribution >= 0.6 is 0 Å². The summed E-state index contributed by atoms with van der Waals surface area (Å²) in [5.41, 5.74) is 1.45. The molecule has 0 unspecified atom stereocenters. The summed E-state index contributed by atoms with van der Waals surface area (Å²) in [7, 11) is 1.99. The molecule has 4 aromatic rings. The van der Waals surface area contributed by atoms with Gasteiger partial charge in [0.15, 0.2) is 17.3 Å². The van der Waals surface area contributed by atoms with Crippen LogP contribution < -0.4 is 5.32 Å². The van der Waals surface area contributed by atoms with Gasteiger partial charge in [0, 0.05) is 69.3 Å². The number of carbonyl (C=O) groups excluding carboxylic acids is 6. The minimum Gasteiger partial charge on any atom is -0.346 e. The quantitative estimate of drug-likeness (QED) is 0.115. The number of nitrogens with one attached hydrogen (secondary N) is 1. The van der Waals surface area contributed by atoms with E-state index >= 15 is 0 Å². The van der Waals surface area contributed by atoms with E-state index in [1.165, 1.54) is 0 Å². The Morgan fingerprint density at radius 1 is 0.692 bits per heavy atom. The van der Waals surface area contributed by atoms with E-state index in [2.05, 4.69) is 10.2 Å². The zero-order valence-electron chi connectivity index (χ0n) is 30.6. The van der Waals surface area contributed by atoms with Crippen molar-refractivity contribution in [2.45, 2.75) is 58.9 Å². The van der Waals surface area contributed by atoms with Crippen molar-refractivity contribution < 1.29 is 28.8 Å². The second-order valence-electron chi connectivity index (χ2n) is 14.4. The molecule has 1 aliphatic heterocycles. The van der Waals surface area contributed by atoms with Gasteiger partial charge in [0.2, 0.25) is 17.6 Å². The van der Waals surface area contributed by atoms with Crippen LogP contribution in [-0.4, -0.2) is 84.0 Å². The molecule has 1 heterocycles. The lowest BCUT2D eigenvalue weighted by Crippen LogP contribution is -2.47. The van der Waals surface area contributed by atoms with Gasteiger partial charge in [-0.25, -0.2) is 0 Å². The van der Waals surface area contributed by atoms with Gasteiger partial charge in [-0.15, -0.1) is 0 Å². The van der Waals surface area contributed by atoms with Crippen LogP contribution in [-0.2, 0) is 30.4 Å². The Labute approximate surface area is 305 Å². The first kappa shape index (κ1) is 38.2. The van der Waals surface area contributed by atoms with E-state index < -0.39 is 35.4 Å². The fraction of sp³-hybridized carbons (Fsp3) is 0.395. The molecular weight excluding hydrogens is 654 g/mol. The highest BCUT2D eigenvalue weighted by Crippen LogP contribution is 2.27. The van der Waals surface area contributed by atoms with Gasteiger partial charge in [0.25, 0.3) is 0 Å². The van der Waals surface area contributed by atoms with Crippen LogP contribution in [0.3, 0.4) is 0 Å². The van der Waals surface area contributed by atoms with Crippen molar-refractivity contribution in [2.24, 2.45) is 17.8 Å². The molecule has 1 N–H and O–H groups in total. The lowest BCUT2D eigenvalue weighted by atomic mass is 9.83. The Hall–Kier alpha value is -5.02. The van der Waals surface area contributed by atoms with Crippen molar-refractivity contribution in [1.29, 1.82) is 0 Å². The van der Waals surface area contributed by atoms with E-state index in [1.54, 1.807) is 31.7 Å². The van der Waals surface area contributed by atoms with Gasteiger partial charge in [0.05, 0.1) is 6.04 Å². The number of fused-ring (bicyclic) bond motifs is 2. The Morgan fingerprint density at radius 2 is 1.29 bits per heavy atom. The fourth-order valence-corrected chi connectivity index (χ4v) is 7.00. The van der Waals surface area contributed by atoms with Crippen LogP contribution in [0.4, 0.5) is 0 Å². The number of ketones is 4. The van der Waals surface area contributed by atoms with Crippen molar-refractivity contribution in [3.63, 3.8) is 0 Å². The predicted octanol–water partition coefficient (Wildman–Crippen LogP) is 5.85. The SMILES string of the molecule is CC(C)[C@H](CC(=O)[C@H](C)NC(=O)[C@@H](CC(=O)c1cccc2ccccc12)Cc1cccc2ccccc12)C(=O)C(=O)CCC(=O)N1CCN(C)CC1. The second-order valence-corrected chi connectivity index (χ2v) is 14.4. The summed E-state index contributed by atoms with van der Waals surface area (Å²) in [5, 5.41) is 6.59. The highest BCUT2D eigenvalue weighted by molar-refractivity contribution is 6.38. The highest BCUT2D eigenvalue weighted by atomic mass is 16.2. The van der Waals surface area contributed by atoms with E-state index in [4.69, 9.17) is 0 Å². The van der Waals surface area contributed by atoms with Gasteiger partial charge in [-0.3, -0.25) is 28.8 Å². The number of hydrogen-bond acceptors (Lipinski definition) is 7. The summed E-state index contributed by atoms with van der Waals surface area (Å²) in [5.74, 6) is -4.44. The topological polar surface area (TPSA) is 121 Å². The average Bonchev–Trinajstić information content (AvgIpc) is 3.15. The lowest BCUT2D eigenvalue weighted by molar-refractivity contribution is -0.142. The second kappa shape index (κ2) is 17.5. The molecule has 5 rings (SSSR count). The normalized spacial score (nSPS) is 15.3. The highest BCUT2D eigenvalue weighted by Gasteiger charge is 2.33. The van der Waals surface area contributed by atoms with Gasteiger partial charge >= 0.3 is 0 Å². The molecule has 0 radical (unpaired) electrons. The van der Waals surface area contributed by atoms with E-state index in [9.17, 15) is 28.8 Å². The van der Waals surface area contributed by atoms with Crippen LogP contribution in [0, 0.1) is 17.8 Å². The summed E-state index contributed by atoms with van der Waals surface area (Å²) in [4.78, 5) is 84.2. The summed E-state index contributed by atoms with van der Waals surface area (Å²) >= 11 is 0. The van der Waals surface area contributed by atoms with Crippen molar-refractivity contribution in [2.75, 3.05) is 33.2 Å². The molecule has 9 nitrogen and oxygen atoms in total. The van der Waals surface area contributed by atoms with Crippen molar-refractivity contribution in [1.82, 2.24) is 15.1 Å². The fourth-order valence-electron chi connectivity index (χ4n) is 7.00. The molecule has 1 aliphatic rings. The van der Waals surface area contributed by atoms with E-state index in [0.29, 0.717) is 18.7 Å². The third-order valence-corrected chi connectivity index (χ3v) is 10.3. The number of hydrogen-bond donors (Lipinski definition) is 1. The van der Waals surface area contributed by atoms with Gasteiger partial charge in [-0.05, 0) is 53.4 Å². The molecule has 1 saturated heterocycles. The molecule has 9 heteroatoms. The van der Waals surface area contributed by atoms with Crippen LogP contribution in [0.1, 0.15) is 62.4 Å². The minimum absolute atomic E-state index is 0.0465. The van der Waals surface area contributed by atoms with E-state index in [1.807, 2.05) is 85.9 Å². The number of benzene rings is 4. The van der Waals surface area contributed by atoms with Crippen LogP contribution in [0.15, 0.2) is 84.9 Å². The molecule has 3 atom stereocenters. The number of amides is 2. The summed E-state index contributed by atoms with van der Waals surface area (Å²) in [6.45, 7) is 7.82. The molecular formula is C43H49N3O6. The molecule has 1 fully saturated rings. The number of carbonyl (C=O) groups is 6. The molecule has 0 bridgehead atoms. The smallest absolute Gasteiger partial charge is 0.224 e. The molecule has 0 spiro atoms. The maximum absolute atomic E-state index is 14.0. The Balaban J connectivity index is 1.27. The Morgan fingerprint density at radius 3 is 1.96 bits per heavy atom. The van der Waals surface area contributed by atoms with Gasteiger partial charge < -0.3 is 15.1 Å². The average molecular weight is 704 g/mol. The molecule has 52 heavy (non-hydrogen) atoms. The molecule has 0 aliphatic carbocycles. The number of likely N-dealkylation sites (N-methyl/N-ethyl adjacent to an activating group) is 1. The van der Waals surface area contributed by atoms with Gasteiger partial charge in [-0.2, -0.15) is 0 Å². The first-order valence-electron chi connectivity index (χ1n) is 18.3. The number of nitrogens with zero attached hydrogens (tertiary/aromatic N) is 2. The number of rotatable bonds is 16. The first-order chi connectivity index (χ1) is 24.9. The standard InChI is InChI=1S/C43H49N3O6/c1-28(2)37(42(51)38(47)19-20-41(50)46-23-21-45(4)22-24-46)27-39(48)29(3)44-43(52)33(25-32-15-9-13-30-11-5-7-16-34(30)32)26-40(49)36-18-10-14-31-12-6-8-17-35(31)36/h5-18,28-29,33,37H,19-27H2,1-4H3,(H,44,52)/t29-,33+,37-/m0/s1. The van der Waals surface area contributed by atoms with Crippen LogP contribution in [0.2, 0.25) is 0 Å². The first-order valence-corrected chi connectivity index (χ1v) is 18.3. The summed E-state index contributed by atoms with van der Waals surface area (Å²) < 4.78 is 0. The van der Waals surface area contributed by atoms with Crippen molar-refractivity contribution in [3.8, 4) is 0 Å². The molecule has 272 valence electrons.